The summed E-state index contributed by atoms with van der Waals surface area (Å²) in [6.07, 6.45) is 1.44. The fourth-order valence-corrected chi connectivity index (χ4v) is 6.51. The van der Waals surface area contributed by atoms with Crippen LogP contribution >= 0.6 is 11.3 Å². The first kappa shape index (κ1) is 21.5. The molecule has 31 heavy (non-hydrogen) atoms. The van der Waals surface area contributed by atoms with E-state index in [9.17, 15) is 18.3 Å². The summed E-state index contributed by atoms with van der Waals surface area (Å²) in [5.74, 6) is 0.696. The Labute approximate surface area is 186 Å². The van der Waals surface area contributed by atoms with Gasteiger partial charge in [-0.05, 0) is 50.8 Å². The van der Waals surface area contributed by atoms with E-state index >= 15 is 0 Å². The molecule has 8 heteroatoms. The minimum Gasteiger partial charge on any atom is -0.464 e. The second kappa shape index (κ2) is 7.76. The lowest BCUT2D eigenvalue weighted by atomic mass is 10.1. The van der Waals surface area contributed by atoms with Crippen LogP contribution in [0.3, 0.4) is 0 Å². The van der Waals surface area contributed by atoms with Gasteiger partial charge in [-0.3, -0.25) is 0 Å². The van der Waals surface area contributed by atoms with Gasteiger partial charge in [0.05, 0.1) is 10.4 Å². The van der Waals surface area contributed by atoms with Crippen molar-refractivity contribution >= 4 is 27.5 Å². The maximum atomic E-state index is 12.9. The van der Waals surface area contributed by atoms with Gasteiger partial charge in [-0.25, -0.2) is 18.2 Å². The number of benzene rings is 2. The fourth-order valence-electron chi connectivity index (χ4n) is 3.79. The number of nitrogens with zero attached hydrogens (tertiary/aromatic N) is 2. The van der Waals surface area contributed by atoms with E-state index in [0.717, 1.165) is 22.6 Å². The van der Waals surface area contributed by atoms with Crippen LogP contribution in [0.5, 0.6) is 0 Å². The van der Waals surface area contributed by atoms with E-state index in [1.165, 1.54) is 17.0 Å². The van der Waals surface area contributed by atoms with Crippen molar-refractivity contribution in [2.24, 2.45) is 0 Å². The van der Waals surface area contributed by atoms with E-state index in [0.29, 0.717) is 16.1 Å². The van der Waals surface area contributed by atoms with Crippen LogP contribution in [0.4, 0.5) is 4.79 Å². The quantitative estimate of drug-likeness (QED) is 0.544. The molecule has 1 heterocycles. The molecule has 0 spiro atoms. The maximum absolute atomic E-state index is 12.9. The smallest absolute Gasteiger partial charge is 0.421 e. The van der Waals surface area contributed by atoms with E-state index in [2.05, 4.69) is 4.98 Å². The highest BCUT2D eigenvalue weighted by atomic mass is 32.2. The zero-order chi connectivity index (χ0) is 22.4. The Kier molecular flexibility index (Phi) is 5.39. The Bertz CT molecular complexity index is 1200. The number of carboxylic acid groups (broad SMARTS) is 1. The summed E-state index contributed by atoms with van der Waals surface area (Å²) in [6, 6.07) is 16.7. The molecule has 1 saturated carbocycles. The number of hydrogen-bond donors (Lipinski definition) is 1. The molecule has 0 aliphatic heterocycles. The van der Waals surface area contributed by atoms with E-state index < -0.39 is 21.7 Å². The average molecular weight is 457 g/mol. The van der Waals surface area contributed by atoms with Gasteiger partial charge in [0.2, 0.25) is 0 Å². The summed E-state index contributed by atoms with van der Waals surface area (Å²) in [4.78, 5) is 17.4. The Morgan fingerprint density at radius 2 is 1.71 bits per heavy atom. The number of carbonyl (C=O) groups is 1. The van der Waals surface area contributed by atoms with Crippen LogP contribution < -0.4 is 0 Å². The predicted molar refractivity (Wildman–Crippen MR) is 121 cm³/mol. The van der Waals surface area contributed by atoms with E-state index in [-0.39, 0.29) is 4.90 Å². The molecule has 0 bridgehead atoms. The minimum atomic E-state index is -4.15. The number of thiazole rings is 1. The highest BCUT2D eigenvalue weighted by Crippen LogP contribution is 2.56. The van der Waals surface area contributed by atoms with Crippen molar-refractivity contribution < 1.29 is 18.3 Å². The molecule has 4 rings (SSSR count). The van der Waals surface area contributed by atoms with Gasteiger partial charge in [0.15, 0.2) is 0 Å². The van der Waals surface area contributed by atoms with E-state index in [1.54, 1.807) is 44.2 Å². The fraction of sp³-hybridized carbons (Fsp3) is 0.304. The molecule has 162 valence electrons. The Morgan fingerprint density at radius 1 is 1.06 bits per heavy atom. The molecule has 6 nitrogen and oxygen atoms in total. The van der Waals surface area contributed by atoms with Crippen LogP contribution in [0.2, 0.25) is 0 Å². The number of hydrogen-bond acceptors (Lipinski definition) is 5. The van der Waals surface area contributed by atoms with Crippen LogP contribution in [-0.2, 0) is 10.0 Å². The molecule has 0 unspecified atom stereocenters. The van der Waals surface area contributed by atoms with Crippen molar-refractivity contribution in [3.63, 3.8) is 0 Å². The van der Waals surface area contributed by atoms with Crippen LogP contribution in [0.15, 0.2) is 65.7 Å². The first-order valence-electron chi connectivity index (χ1n) is 9.98. The predicted octanol–water partition coefficient (Wildman–Crippen LogP) is 5.55. The molecule has 1 N–H and O–H groups in total. The zero-order valence-corrected chi connectivity index (χ0v) is 19.2. The monoisotopic (exact) mass is 456 g/mol. The summed E-state index contributed by atoms with van der Waals surface area (Å²) in [6.45, 7) is 4.67. The third kappa shape index (κ3) is 4.22. The standard InChI is InChI=1S/C23H24N2O4S2/c1-23(2,3)25(22(26)27)31(28,29)17-11-9-15(10-12-17)18-13-19(18)20-14-24-21(30-20)16-7-5-4-6-8-16/h4-12,14,18-19H,13H2,1-3H3,(H,26,27)/t18-,19+/m0/s1. The highest BCUT2D eigenvalue weighted by molar-refractivity contribution is 7.89. The van der Waals surface area contributed by atoms with Crippen LogP contribution in [0.25, 0.3) is 10.6 Å². The van der Waals surface area contributed by atoms with Crippen molar-refractivity contribution in [2.75, 3.05) is 0 Å². The topological polar surface area (TPSA) is 87.6 Å². The number of amides is 1. The summed E-state index contributed by atoms with van der Waals surface area (Å²) in [7, 11) is -4.15. The van der Waals surface area contributed by atoms with Crippen molar-refractivity contribution in [3.8, 4) is 10.6 Å². The molecular formula is C23H24N2O4S2. The van der Waals surface area contributed by atoms with E-state index in [4.69, 9.17) is 0 Å². The lowest BCUT2D eigenvalue weighted by Gasteiger charge is -2.31. The van der Waals surface area contributed by atoms with Gasteiger partial charge < -0.3 is 5.11 Å². The summed E-state index contributed by atoms with van der Waals surface area (Å²) in [5, 5.41) is 10.4. The molecule has 1 aromatic heterocycles. The van der Waals surface area contributed by atoms with Gasteiger partial charge in [0, 0.05) is 22.6 Å². The summed E-state index contributed by atoms with van der Waals surface area (Å²) in [5.41, 5.74) is 1.08. The third-order valence-corrected chi connectivity index (χ3v) is 8.56. The van der Waals surface area contributed by atoms with Crippen molar-refractivity contribution in [1.29, 1.82) is 0 Å². The maximum Gasteiger partial charge on any atom is 0.421 e. The average Bonchev–Trinajstić information content (AvgIpc) is 3.35. The van der Waals surface area contributed by atoms with Gasteiger partial charge in [-0.15, -0.1) is 11.3 Å². The van der Waals surface area contributed by atoms with Gasteiger partial charge in [-0.1, -0.05) is 42.5 Å². The SMILES string of the molecule is CC(C)(C)N(C(=O)O)S(=O)(=O)c1ccc([C@@H]2C[C@H]2c2cnc(-c3ccccc3)s2)cc1. The number of rotatable bonds is 5. The molecule has 1 amide bonds. The zero-order valence-electron chi connectivity index (χ0n) is 17.5. The first-order chi connectivity index (χ1) is 14.6. The number of aromatic nitrogens is 1. The molecule has 0 saturated heterocycles. The van der Waals surface area contributed by atoms with Gasteiger partial charge in [0.25, 0.3) is 10.0 Å². The summed E-state index contributed by atoms with van der Waals surface area (Å²) < 4.78 is 26.3. The first-order valence-corrected chi connectivity index (χ1v) is 12.2. The molecule has 0 radical (unpaired) electrons. The van der Waals surface area contributed by atoms with Crippen molar-refractivity contribution in [3.05, 3.63) is 71.2 Å². The van der Waals surface area contributed by atoms with Gasteiger partial charge >= 0.3 is 6.09 Å². The van der Waals surface area contributed by atoms with Crippen LogP contribution in [0, 0.1) is 0 Å². The molecule has 1 fully saturated rings. The normalized spacial score (nSPS) is 18.5. The van der Waals surface area contributed by atoms with Crippen LogP contribution in [-0.4, -0.2) is 34.4 Å². The second-order valence-electron chi connectivity index (χ2n) is 8.67. The molecule has 1 aliphatic rings. The number of sulfonamides is 1. The molecule has 2 aromatic carbocycles. The lowest BCUT2D eigenvalue weighted by Crippen LogP contribution is -2.48. The van der Waals surface area contributed by atoms with E-state index in [1.807, 2.05) is 36.5 Å². The second-order valence-corrected chi connectivity index (χ2v) is 11.5. The minimum absolute atomic E-state index is 0.0186. The highest BCUT2D eigenvalue weighted by Gasteiger charge is 2.42. The Balaban J connectivity index is 1.51. The van der Waals surface area contributed by atoms with Gasteiger partial charge in [0.1, 0.15) is 5.01 Å². The van der Waals surface area contributed by atoms with Crippen molar-refractivity contribution in [1.82, 2.24) is 9.29 Å². The third-order valence-electron chi connectivity index (χ3n) is 5.33. The lowest BCUT2D eigenvalue weighted by molar-refractivity contribution is 0.146. The Hall–Kier alpha value is -2.71. The van der Waals surface area contributed by atoms with Gasteiger partial charge in [-0.2, -0.15) is 4.31 Å². The Morgan fingerprint density at radius 3 is 2.29 bits per heavy atom. The molecule has 3 aromatic rings. The molecule has 2 atom stereocenters. The van der Waals surface area contributed by atoms with Crippen molar-refractivity contribution in [2.45, 2.75) is 49.5 Å². The molecular weight excluding hydrogens is 432 g/mol. The largest absolute Gasteiger partial charge is 0.464 e. The summed E-state index contributed by atoms with van der Waals surface area (Å²) >= 11 is 1.69. The molecule has 1 aliphatic carbocycles. The van der Waals surface area contributed by atoms with Crippen LogP contribution in [0.1, 0.15) is 49.5 Å².